The molecule has 0 aliphatic rings. The zero-order chi connectivity index (χ0) is 13.7. The second kappa shape index (κ2) is 6.23. The van der Waals surface area contributed by atoms with Crippen molar-refractivity contribution in [2.24, 2.45) is 0 Å². The van der Waals surface area contributed by atoms with Crippen molar-refractivity contribution >= 4 is 5.52 Å². The van der Waals surface area contributed by atoms with Gasteiger partial charge in [0.1, 0.15) is 0 Å². The first-order valence-corrected chi connectivity index (χ1v) is 7.64. The topological polar surface area (TPSA) is 17.3 Å². The molecule has 0 bridgehead atoms. The number of nitrogens with zero attached hydrogens (tertiary/aromatic N) is 2. The minimum absolute atomic E-state index is 0.271. The highest BCUT2D eigenvalue weighted by atomic mass is 15.2. The van der Waals surface area contributed by atoms with Crippen LogP contribution in [0.15, 0.2) is 30.6 Å². The van der Waals surface area contributed by atoms with Crippen molar-refractivity contribution in [3.05, 3.63) is 36.2 Å². The van der Waals surface area contributed by atoms with E-state index >= 15 is 0 Å². The predicted molar refractivity (Wildman–Crippen MR) is 81.6 cm³/mol. The molecule has 104 valence electrons. The number of hydrogen-bond donors (Lipinski definition) is 0. The summed E-state index contributed by atoms with van der Waals surface area (Å²) in [7, 11) is 0. The second-order valence-corrected chi connectivity index (χ2v) is 5.86. The first-order chi connectivity index (χ1) is 9.21. The fourth-order valence-corrected chi connectivity index (χ4v) is 3.11. The van der Waals surface area contributed by atoms with Crippen molar-refractivity contribution in [2.75, 3.05) is 0 Å². The lowest BCUT2D eigenvalue weighted by Crippen LogP contribution is -2.21. The summed E-state index contributed by atoms with van der Waals surface area (Å²) in [5.41, 5.74) is 2.97. The third kappa shape index (κ3) is 2.99. The van der Waals surface area contributed by atoms with Crippen LogP contribution >= 0.6 is 0 Å². The summed E-state index contributed by atoms with van der Waals surface area (Å²) in [6.07, 6.45) is 11.8. The molecule has 0 spiro atoms. The van der Waals surface area contributed by atoms with E-state index in [2.05, 4.69) is 44.2 Å². The van der Waals surface area contributed by atoms with Crippen molar-refractivity contribution in [3.63, 3.8) is 0 Å². The fourth-order valence-electron chi connectivity index (χ4n) is 3.11. The van der Waals surface area contributed by atoms with E-state index < -0.39 is 0 Å². The summed E-state index contributed by atoms with van der Waals surface area (Å²) in [6.45, 7) is 6.96. The molecule has 2 rings (SSSR count). The molecule has 2 nitrogen and oxygen atoms in total. The van der Waals surface area contributed by atoms with E-state index in [1.54, 1.807) is 0 Å². The van der Waals surface area contributed by atoms with Gasteiger partial charge < -0.3 is 0 Å². The molecule has 0 radical (unpaired) electrons. The standard InChI is InChI=1S/C17H26N2/c1-4-6-8-12-17(3,11-5-2)15-14-18-19-13-9-7-10-16(15)19/h7,9-10,13-14H,4-6,8,11-12H2,1-3H3. The summed E-state index contributed by atoms with van der Waals surface area (Å²) < 4.78 is 2.00. The number of rotatable bonds is 7. The number of aromatic nitrogens is 2. The monoisotopic (exact) mass is 258 g/mol. The number of hydrogen-bond acceptors (Lipinski definition) is 1. The molecule has 0 fully saturated rings. The van der Waals surface area contributed by atoms with E-state index in [1.807, 2.05) is 16.8 Å². The van der Waals surface area contributed by atoms with E-state index in [4.69, 9.17) is 0 Å². The molecule has 0 aromatic carbocycles. The van der Waals surface area contributed by atoms with E-state index in [1.165, 1.54) is 49.6 Å². The van der Waals surface area contributed by atoms with Crippen LogP contribution in [0.5, 0.6) is 0 Å². The summed E-state index contributed by atoms with van der Waals surface area (Å²) in [4.78, 5) is 0. The first kappa shape index (κ1) is 14.1. The van der Waals surface area contributed by atoms with E-state index in [-0.39, 0.29) is 5.41 Å². The molecule has 19 heavy (non-hydrogen) atoms. The Morgan fingerprint density at radius 2 is 1.95 bits per heavy atom. The molecular weight excluding hydrogens is 232 g/mol. The Morgan fingerprint density at radius 1 is 1.11 bits per heavy atom. The van der Waals surface area contributed by atoms with E-state index in [9.17, 15) is 0 Å². The number of pyridine rings is 1. The van der Waals surface area contributed by atoms with Gasteiger partial charge in [0, 0.05) is 11.8 Å². The lowest BCUT2D eigenvalue weighted by molar-refractivity contribution is 0.381. The molecule has 0 N–H and O–H groups in total. The molecule has 0 saturated carbocycles. The lowest BCUT2D eigenvalue weighted by atomic mass is 9.75. The first-order valence-electron chi connectivity index (χ1n) is 7.64. The molecule has 2 heteroatoms. The van der Waals surface area contributed by atoms with Gasteiger partial charge in [-0.3, -0.25) is 0 Å². The summed E-state index contributed by atoms with van der Waals surface area (Å²) >= 11 is 0. The van der Waals surface area contributed by atoms with Crippen LogP contribution in [0.1, 0.15) is 64.9 Å². The Bertz CT molecular complexity index is 515. The Hall–Kier alpha value is -1.31. The molecule has 2 aromatic heterocycles. The fraction of sp³-hybridized carbons (Fsp3) is 0.588. The smallest absolute Gasteiger partial charge is 0.0699 e. The maximum atomic E-state index is 4.51. The minimum atomic E-state index is 0.271. The van der Waals surface area contributed by atoms with E-state index in [0.717, 1.165) is 0 Å². The van der Waals surface area contributed by atoms with Gasteiger partial charge >= 0.3 is 0 Å². The second-order valence-electron chi connectivity index (χ2n) is 5.86. The van der Waals surface area contributed by atoms with Crippen molar-refractivity contribution in [1.82, 2.24) is 9.61 Å². The number of fused-ring (bicyclic) bond motifs is 1. The van der Waals surface area contributed by atoms with Crippen LogP contribution in [0.2, 0.25) is 0 Å². The van der Waals surface area contributed by atoms with Gasteiger partial charge in [-0.2, -0.15) is 5.10 Å². The van der Waals surface area contributed by atoms with Crippen LogP contribution in [0.3, 0.4) is 0 Å². The average Bonchev–Trinajstić information content (AvgIpc) is 2.84. The Morgan fingerprint density at radius 3 is 2.68 bits per heavy atom. The summed E-state index contributed by atoms with van der Waals surface area (Å²) in [5.74, 6) is 0. The maximum Gasteiger partial charge on any atom is 0.0699 e. The van der Waals surface area contributed by atoms with Crippen molar-refractivity contribution in [2.45, 2.75) is 64.7 Å². The van der Waals surface area contributed by atoms with Crippen molar-refractivity contribution in [1.29, 1.82) is 0 Å². The minimum Gasteiger partial charge on any atom is -0.241 e. The van der Waals surface area contributed by atoms with Crippen molar-refractivity contribution < 1.29 is 0 Å². The van der Waals surface area contributed by atoms with Crippen LogP contribution < -0.4 is 0 Å². The Labute approximate surface area is 116 Å². The SMILES string of the molecule is CCCCCC(C)(CCC)c1cnn2ccccc12. The third-order valence-corrected chi connectivity index (χ3v) is 4.21. The number of unbranched alkanes of at least 4 members (excludes halogenated alkanes) is 2. The summed E-state index contributed by atoms with van der Waals surface area (Å²) in [6, 6.07) is 6.34. The van der Waals surface area contributed by atoms with Crippen LogP contribution in [-0.2, 0) is 5.41 Å². The largest absolute Gasteiger partial charge is 0.241 e. The van der Waals surface area contributed by atoms with Crippen LogP contribution in [0, 0.1) is 0 Å². The van der Waals surface area contributed by atoms with Gasteiger partial charge in [-0.15, -0.1) is 0 Å². The zero-order valence-electron chi connectivity index (χ0n) is 12.5. The molecule has 2 heterocycles. The highest BCUT2D eigenvalue weighted by Gasteiger charge is 2.28. The maximum absolute atomic E-state index is 4.51. The molecule has 2 aromatic rings. The summed E-state index contributed by atoms with van der Waals surface area (Å²) in [5, 5.41) is 4.51. The Kier molecular flexibility index (Phi) is 4.62. The van der Waals surface area contributed by atoms with Gasteiger partial charge in [-0.1, -0.05) is 52.5 Å². The van der Waals surface area contributed by atoms with E-state index in [0.29, 0.717) is 0 Å². The van der Waals surface area contributed by atoms with Gasteiger partial charge in [0.2, 0.25) is 0 Å². The average molecular weight is 258 g/mol. The van der Waals surface area contributed by atoms with Crippen LogP contribution in [0.4, 0.5) is 0 Å². The Balaban J connectivity index is 2.31. The van der Waals surface area contributed by atoms with Crippen LogP contribution in [0.25, 0.3) is 5.52 Å². The van der Waals surface area contributed by atoms with Crippen LogP contribution in [-0.4, -0.2) is 9.61 Å². The highest BCUT2D eigenvalue weighted by Crippen LogP contribution is 2.36. The predicted octanol–water partition coefficient (Wildman–Crippen LogP) is 4.97. The van der Waals surface area contributed by atoms with Gasteiger partial charge in [0.25, 0.3) is 0 Å². The van der Waals surface area contributed by atoms with Gasteiger partial charge in [-0.25, -0.2) is 4.52 Å². The van der Waals surface area contributed by atoms with Gasteiger partial charge in [0.15, 0.2) is 0 Å². The van der Waals surface area contributed by atoms with Gasteiger partial charge in [-0.05, 0) is 30.4 Å². The molecule has 0 aliphatic carbocycles. The highest BCUT2D eigenvalue weighted by molar-refractivity contribution is 5.56. The molecule has 1 unspecified atom stereocenters. The molecule has 0 aliphatic heterocycles. The molecule has 1 atom stereocenters. The zero-order valence-corrected chi connectivity index (χ0v) is 12.5. The molecular formula is C17H26N2. The van der Waals surface area contributed by atoms with Gasteiger partial charge in [0.05, 0.1) is 11.7 Å². The molecule has 0 amide bonds. The lowest BCUT2D eigenvalue weighted by Gasteiger charge is -2.29. The molecule has 0 saturated heterocycles. The normalized spacial score (nSPS) is 14.7. The quantitative estimate of drug-likeness (QED) is 0.641. The third-order valence-electron chi connectivity index (χ3n) is 4.21. The van der Waals surface area contributed by atoms with Crippen molar-refractivity contribution in [3.8, 4) is 0 Å².